The number of nitrogen functional groups attached to an aromatic ring is 1. The van der Waals surface area contributed by atoms with Crippen LogP contribution in [0.2, 0.25) is 0 Å². The highest BCUT2D eigenvalue weighted by molar-refractivity contribution is 5.94. The molecule has 0 aliphatic heterocycles. The molecule has 3 aromatic carbocycles. The van der Waals surface area contributed by atoms with Crippen LogP contribution in [0.15, 0.2) is 103 Å². The first-order valence-corrected chi connectivity index (χ1v) is 14.8. The number of pyridine rings is 2. The zero-order valence-corrected chi connectivity index (χ0v) is 25.7. The van der Waals surface area contributed by atoms with E-state index in [-0.39, 0.29) is 24.2 Å². The zero-order chi connectivity index (χ0) is 32.9. The van der Waals surface area contributed by atoms with Gasteiger partial charge in [-0.15, -0.1) is 0 Å². The molecule has 0 unspecified atom stereocenters. The Hall–Kier alpha value is -6.36. The Morgan fingerprint density at radius 1 is 0.872 bits per heavy atom. The third-order valence-electron chi connectivity index (χ3n) is 7.48. The summed E-state index contributed by atoms with van der Waals surface area (Å²) in [6, 6.07) is 29.6. The van der Waals surface area contributed by atoms with E-state index >= 15 is 0 Å². The van der Waals surface area contributed by atoms with E-state index in [1.807, 2.05) is 71.3 Å². The monoisotopic (exact) mass is 625 g/mol. The van der Waals surface area contributed by atoms with Gasteiger partial charge in [-0.25, -0.2) is 15.0 Å². The van der Waals surface area contributed by atoms with Crippen molar-refractivity contribution in [3.63, 3.8) is 0 Å². The lowest BCUT2D eigenvalue weighted by Crippen LogP contribution is -2.23. The van der Waals surface area contributed by atoms with Crippen molar-refractivity contribution in [2.45, 2.75) is 19.9 Å². The van der Waals surface area contributed by atoms with Crippen LogP contribution in [0, 0.1) is 0 Å². The van der Waals surface area contributed by atoms with Crippen molar-refractivity contribution in [2.24, 2.45) is 0 Å². The number of amides is 2. The normalized spacial score (nSPS) is 10.9. The molecule has 0 bridgehead atoms. The number of ether oxygens (including phenoxy) is 1. The second-order valence-electron chi connectivity index (χ2n) is 10.8. The van der Waals surface area contributed by atoms with Crippen molar-refractivity contribution >= 4 is 40.5 Å². The van der Waals surface area contributed by atoms with Crippen molar-refractivity contribution in [1.82, 2.24) is 24.8 Å². The number of nitrogens with zero attached hydrogens (tertiary/aromatic N) is 4. The summed E-state index contributed by atoms with van der Waals surface area (Å²) in [7, 11) is 1.33. The van der Waals surface area contributed by atoms with Crippen molar-refractivity contribution in [3.8, 4) is 28.3 Å². The molecule has 47 heavy (non-hydrogen) atoms. The third-order valence-corrected chi connectivity index (χ3v) is 7.48. The molecule has 0 aliphatic carbocycles. The number of anilines is 2. The first-order chi connectivity index (χ1) is 22.8. The van der Waals surface area contributed by atoms with Crippen LogP contribution >= 0.6 is 0 Å². The number of hydrogen-bond donors (Lipinski definition) is 3. The maximum Gasteiger partial charge on any atom is 0.309 e. The lowest BCUT2D eigenvalue weighted by molar-refractivity contribution is -0.139. The molecule has 0 saturated carbocycles. The number of nitrogens with one attached hydrogen (secondary N) is 2. The van der Waals surface area contributed by atoms with E-state index in [0.717, 1.165) is 16.8 Å². The van der Waals surface area contributed by atoms with Gasteiger partial charge in [0.25, 0.3) is 5.91 Å². The number of carbonyl (C=O) groups is 3. The van der Waals surface area contributed by atoms with Gasteiger partial charge in [0, 0.05) is 42.2 Å². The Morgan fingerprint density at radius 3 is 2.45 bits per heavy atom. The molecule has 4 N–H and O–H groups in total. The van der Waals surface area contributed by atoms with Crippen LogP contribution in [0.25, 0.3) is 39.5 Å². The first kappa shape index (κ1) is 30.7. The molecule has 234 valence electrons. The van der Waals surface area contributed by atoms with Gasteiger partial charge in [0.05, 0.1) is 24.8 Å². The lowest BCUT2D eigenvalue weighted by atomic mass is 10.1. The second-order valence-corrected chi connectivity index (χ2v) is 10.8. The summed E-state index contributed by atoms with van der Waals surface area (Å²) >= 11 is 0. The van der Waals surface area contributed by atoms with E-state index in [1.165, 1.54) is 14.0 Å². The number of nitrogens with two attached hydrogens (primary N) is 1. The van der Waals surface area contributed by atoms with Crippen molar-refractivity contribution < 1.29 is 19.1 Å². The van der Waals surface area contributed by atoms with Crippen LogP contribution in [0.1, 0.15) is 28.4 Å². The van der Waals surface area contributed by atoms with E-state index in [9.17, 15) is 14.4 Å². The fourth-order valence-corrected chi connectivity index (χ4v) is 5.22. The minimum Gasteiger partial charge on any atom is -0.469 e. The van der Waals surface area contributed by atoms with Gasteiger partial charge in [-0.3, -0.25) is 19.0 Å². The van der Waals surface area contributed by atoms with E-state index < -0.39 is 0 Å². The molecular weight excluding hydrogens is 594 g/mol. The minimum atomic E-state index is -0.370. The Morgan fingerprint density at radius 2 is 1.68 bits per heavy atom. The van der Waals surface area contributed by atoms with Crippen LogP contribution in [0.5, 0.6) is 0 Å². The summed E-state index contributed by atoms with van der Waals surface area (Å²) in [6.45, 7) is 1.76. The van der Waals surface area contributed by atoms with E-state index in [2.05, 4.69) is 15.6 Å². The fourth-order valence-electron chi connectivity index (χ4n) is 5.22. The third kappa shape index (κ3) is 6.84. The number of aromatic nitrogens is 4. The zero-order valence-electron chi connectivity index (χ0n) is 25.7. The molecule has 2 amide bonds. The quantitative estimate of drug-likeness (QED) is 0.182. The second kappa shape index (κ2) is 13.3. The predicted molar refractivity (Wildman–Crippen MR) is 180 cm³/mol. The Kier molecular flexibility index (Phi) is 8.69. The van der Waals surface area contributed by atoms with E-state index in [1.54, 1.807) is 36.5 Å². The highest BCUT2D eigenvalue weighted by Crippen LogP contribution is 2.32. The van der Waals surface area contributed by atoms with Crippen molar-refractivity contribution in [3.05, 3.63) is 120 Å². The van der Waals surface area contributed by atoms with Gasteiger partial charge in [-0.1, -0.05) is 36.4 Å². The Labute approximate surface area is 270 Å². The number of esters is 1. The molecule has 3 heterocycles. The number of imidazole rings is 1. The molecule has 6 rings (SSSR count). The Bertz CT molecular complexity index is 2120. The predicted octanol–water partition coefficient (Wildman–Crippen LogP) is 5.34. The summed E-state index contributed by atoms with van der Waals surface area (Å²) in [5.41, 5.74) is 13.2. The molecule has 0 saturated heterocycles. The molecule has 11 nitrogen and oxygen atoms in total. The molecule has 11 heteroatoms. The number of fused-ring (bicyclic) bond motifs is 1. The standard InChI is InChI=1S/C36H31N7O4/c1-22(44)40-27-9-4-7-25(20-27)30-15-16-31-35(41-30)43(34(42-31)29-10-5-17-38-33(29)37)28-13-11-23(12-14-28)21-39-36(46)26-8-3-6-24(18-26)19-32(45)47-2/h3-18,20H,19,21H2,1-2H3,(H2,37,38)(H,39,46)(H,40,44). The van der Waals surface area contributed by atoms with Gasteiger partial charge in [0.1, 0.15) is 11.3 Å². The van der Waals surface area contributed by atoms with Crippen molar-refractivity contribution in [2.75, 3.05) is 18.2 Å². The average molecular weight is 626 g/mol. The average Bonchev–Trinajstić information content (AvgIpc) is 3.46. The number of carbonyl (C=O) groups excluding carboxylic acids is 3. The van der Waals surface area contributed by atoms with Gasteiger partial charge >= 0.3 is 5.97 Å². The summed E-state index contributed by atoms with van der Waals surface area (Å²) in [5, 5.41) is 5.76. The molecule has 0 fully saturated rings. The summed E-state index contributed by atoms with van der Waals surface area (Å²) < 4.78 is 6.66. The van der Waals surface area contributed by atoms with Crippen LogP contribution in [0.4, 0.5) is 11.5 Å². The number of methoxy groups -OCH3 is 1. The summed E-state index contributed by atoms with van der Waals surface area (Å²) in [5.74, 6) is 0.132. The topological polar surface area (TPSA) is 154 Å². The molecule has 0 radical (unpaired) electrons. The fraction of sp³-hybridized carbons (Fsp3) is 0.111. The largest absolute Gasteiger partial charge is 0.469 e. The highest BCUT2D eigenvalue weighted by atomic mass is 16.5. The smallest absolute Gasteiger partial charge is 0.309 e. The highest BCUT2D eigenvalue weighted by Gasteiger charge is 2.19. The van der Waals surface area contributed by atoms with Crippen LogP contribution in [-0.2, 0) is 27.3 Å². The molecule has 0 spiro atoms. The SMILES string of the molecule is COC(=O)Cc1cccc(C(=O)NCc2ccc(-n3c(-c4cccnc4N)nc4ccc(-c5cccc(NC(C)=O)c5)nc43)cc2)c1. The van der Waals surface area contributed by atoms with E-state index in [0.29, 0.717) is 57.4 Å². The first-order valence-electron chi connectivity index (χ1n) is 14.8. The van der Waals surface area contributed by atoms with Gasteiger partial charge in [0.15, 0.2) is 11.5 Å². The molecule has 3 aromatic heterocycles. The molecule has 0 aliphatic rings. The lowest BCUT2D eigenvalue weighted by Gasteiger charge is -2.12. The van der Waals surface area contributed by atoms with Crippen LogP contribution in [0.3, 0.4) is 0 Å². The number of benzene rings is 3. The maximum absolute atomic E-state index is 12.9. The van der Waals surface area contributed by atoms with Crippen molar-refractivity contribution in [1.29, 1.82) is 0 Å². The number of hydrogen-bond acceptors (Lipinski definition) is 8. The number of rotatable bonds is 9. The molecule has 6 aromatic rings. The molecule has 0 atom stereocenters. The van der Waals surface area contributed by atoms with Gasteiger partial charge in [-0.2, -0.15) is 0 Å². The maximum atomic E-state index is 12.9. The van der Waals surface area contributed by atoms with E-state index in [4.69, 9.17) is 20.4 Å². The van der Waals surface area contributed by atoms with Crippen LogP contribution in [-0.4, -0.2) is 44.4 Å². The van der Waals surface area contributed by atoms with Gasteiger partial charge in [0.2, 0.25) is 5.91 Å². The summed E-state index contributed by atoms with van der Waals surface area (Å²) in [6.07, 6.45) is 1.72. The van der Waals surface area contributed by atoms with Gasteiger partial charge in [-0.05, 0) is 71.8 Å². The molecular formula is C36H31N7O4. The van der Waals surface area contributed by atoms with Gasteiger partial charge < -0.3 is 21.1 Å². The minimum absolute atomic E-state index is 0.0918. The summed E-state index contributed by atoms with van der Waals surface area (Å²) in [4.78, 5) is 50.3. The van der Waals surface area contributed by atoms with Crippen LogP contribution < -0.4 is 16.4 Å². The Balaban J connectivity index is 1.31.